The van der Waals surface area contributed by atoms with Crippen molar-refractivity contribution in [2.45, 2.75) is 19.4 Å². The van der Waals surface area contributed by atoms with E-state index in [-0.39, 0.29) is 0 Å². The molecule has 1 unspecified atom stereocenters. The quantitative estimate of drug-likeness (QED) is 0.821. The maximum absolute atomic E-state index is 5.65. The lowest BCUT2D eigenvalue weighted by Gasteiger charge is -2.18. The van der Waals surface area contributed by atoms with Gasteiger partial charge in [0.15, 0.2) is 0 Å². The Morgan fingerprint density at radius 1 is 1.44 bits per heavy atom. The number of para-hydroxylation sites is 1. The van der Waals surface area contributed by atoms with Crippen LogP contribution >= 0.6 is 11.6 Å². The molecule has 0 radical (unpaired) electrons. The van der Waals surface area contributed by atoms with Crippen molar-refractivity contribution in [3.8, 4) is 5.75 Å². The van der Waals surface area contributed by atoms with Crippen LogP contribution in [0.1, 0.15) is 24.9 Å². The highest BCUT2D eigenvalue weighted by atomic mass is 35.5. The molecule has 0 aliphatic rings. The Kier molecular flexibility index (Phi) is 5.98. The molecular weight excluding hydrogens is 222 g/mol. The lowest BCUT2D eigenvalue weighted by atomic mass is 10.0. The number of nitrogens with one attached hydrogen (secondary N) is 1. The number of hydrogen-bond acceptors (Lipinski definition) is 2. The monoisotopic (exact) mass is 239 g/mol. The summed E-state index contributed by atoms with van der Waals surface area (Å²) in [5, 5.41) is 3.27. The van der Waals surface area contributed by atoms with E-state index < -0.39 is 0 Å². The number of benzene rings is 1. The molecule has 1 aromatic carbocycles. The Balaban J connectivity index is 2.81. The van der Waals surface area contributed by atoms with Crippen molar-refractivity contribution in [1.29, 1.82) is 0 Å². The van der Waals surface area contributed by atoms with E-state index in [9.17, 15) is 0 Å². The molecule has 88 valence electrons. The molecule has 0 saturated heterocycles. The molecule has 1 N–H and O–H groups in total. The first-order valence-corrected chi connectivity index (χ1v) is 5.91. The number of halogens is 1. The van der Waals surface area contributed by atoms with Gasteiger partial charge in [0.1, 0.15) is 12.4 Å². The summed E-state index contributed by atoms with van der Waals surface area (Å²) in [6, 6.07) is 8.41. The van der Waals surface area contributed by atoms with E-state index in [1.54, 1.807) is 6.08 Å². The van der Waals surface area contributed by atoms with Gasteiger partial charge in [-0.25, -0.2) is 0 Å². The SMILES string of the molecule is CCC(NC)c1ccccc1OC/C=C/Cl. The minimum Gasteiger partial charge on any atom is -0.489 e. The smallest absolute Gasteiger partial charge is 0.124 e. The second-order valence-corrected chi connectivity index (χ2v) is 3.71. The summed E-state index contributed by atoms with van der Waals surface area (Å²) < 4.78 is 5.65. The predicted octanol–water partition coefficient (Wildman–Crippen LogP) is 3.49. The maximum Gasteiger partial charge on any atom is 0.124 e. The highest BCUT2D eigenvalue weighted by molar-refractivity contribution is 6.25. The van der Waals surface area contributed by atoms with Crippen LogP contribution in [-0.4, -0.2) is 13.7 Å². The highest BCUT2D eigenvalue weighted by Crippen LogP contribution is 2.26. The number of hydrogen-bond donors (Lipinski definition) is 1. The average molecular weight is 240 g/mol. The van der Waals surface area contributed by atoms with Gasteiger partial charge in [-0.1, -0.05) is 36.7 Å². The van der Waals surface area contributed by atoms with E-state index >= 15 is 0 Å². The van der Waals surface area contributed by atoms with E-state index in [4.69, 9.17) is 16.3 Å². The molecule has 1 aromatic rings. The van der Waals surface area contributed by atoms with Crippen molar-refractivity contribution in [1.82, 2.24) is 5.32 Å². The molecule has 3 heteroatoms. The normalized spacial score (nSPS) is 12.9. The van der Waals surface area contributed by atoms with E-state index in [0.717, 1.165) is 12.2 Å². The van der Waals surface area contributed by atoms with Gasteiger partial charge in [0, 0.05) is 17.1 Å². The Morgan fingerprint density at radius 2 is 2.19 bits per heavy atom. The fraction of sp³-hybridized carbons (Fsp3) is 0.385. The minimum atomic E-state index is 0.330. The maximum atomic E-state index is 5.65. The summed E-state index contributed by atoms with van der Waals surface area (Å²) >= 11 is 5.45. The van der Waals surface area contributed by atoms with Gasteiger partial charge in [0.2, 0.25) is 0 Å². The predicted molar refractivity (Wildman–Crippen MR) is 69.0 cm³/mol. The van der Waals surface area contributed by atoms with Crippen LogP contribution in [0.25, 0.3) is 0 Å². The highest BCUT2D eigenvalue weighted by Gasteiger charge is 2.11. The molecule has 0 spiro atoms. The van der Waals surface area contributed by atoms with E-state index in [2.05, 4.69) is 18.3 Å². The van der Waals surface area contributed by atoms with Crippen LogP contribution in [0.3, 0.4) is 0 Å². The molecule has 1 atom stereocenters. The molecule has 0 aliphatic heterocycles. The fourth-order valence-electron chi connectivity index (χ4n) is 1.65. The van der Waals surface area contributed by atoms with Gasteiger partial charge in [-0.2, -0.15) is 0 Å². The second-order valence-electron chi connectivity index (χ2n) is 3.46. The summed E-state index contributed by atoms with van der Waals surface area (Å²) in [6.45, 7) is 2.65. The van der Waals surface area contributed by atoms with Gasteiger partial charge in [0.05, 0.1) is 0 Å². The van der Waals surface area contributed by atoms with Crippen molar-refractivity contribution in [2.75, 3.05) is 13.7 Å². The Bertz CT molecular complexity index is 334. The fourth-order valence-corrected chi connectivity index (χ4v) is 1.73. The molecule has 0 fully saturated rings. The van der Waals surface area contributed by atoms with Crippen LogP contribution in [-0.2, 0) is 0 Å². The Labute approximate surface area is 102 Å². The van der Waals surface area contributed by atoms with Crippen LogP contribution in [0, 0.1) is 0 Å². The van der Waals surface area contributed by atoms with Gasteiger partial charge in [-0.3, -0.25) is 0 Å². The largest absolute Gasteiger partial charge is 0.489 e. The molecule has 0 bridgehead atoms. The first-order chi connectivity index (χ1) is 7.83. The summed E-state index contributed by atoms with van der Waals surface area (Å²) in [5.74, 6) is 0.915. The van der Waals surface area contributed by atoms with Crippen LogP contribution in [0.2, 0.25) is 0 Å². The molecule has 0 aliphatic carbocycles. The Hall–Kier alpha value is -0.990. The zero-order valence-electron chi connectivity index (χ0n) is 9.74. The van der Waals surface area contributed by atoms with Crippen molar-refractivity contribution < 1.29 is 4.74 Å². The number of rotatable bonds is 6. The second kappa shape index (κ2) is 7.31. The first kappa shape index (κ1) is 13.1. The Morgan fingerprint density at radius 3 is 2.81 bits per heavy atom. The van der Waals surface area contributed by atoms with E-state index in [1.165, 1.54) is 11.1 Å². The molecule has 0 aromatic heterocycles. The van der Waals surface area contributed by atoms with Gasteiger partial charge < -0.3 is 10.1 Å². The first-order valence-electron chi connectivity index (χ1n) is 5.47. The lowest BCUT2D eigenvalue weighted by molar-refractivity contribution is 0.353. The van der Waals surface area contributed by atoms with Gasteiger partial charge >= 0.3 is 0 Å². The third-order valence-electron chi connectivity index (χ3n) is 2.48. The van der Waals surface area contributed by atoms with Crippen LogP contribution < -0.4 is 10.1 Å². The zero-order valence-corrected chi connectivity index (χ0v) is 10.5. The zero-order chi connectivity index (χ0) is 11.8. The van der Waals surface area contributed by atoms with Crippen molar-refractivity contribution in [3.05, 3.63) is 41.4 Å². The molecule has 2 nitrogen and oxygen atoms in total. The summed E-state index contributed by atoms with van der Waals surface area (Å²) in [4.78, 5) is 0. The summed E-state index contributed by atoms with van der Waals surface area (Å²) in [7, 11) is 1.96. The third kappa shape index (κ3) is 3.54. The van der Waals surface area contributed by atoms with Crippen molar-refractivity contribution >= 4 is 11.6 Å². The van der Waals surface area contributed by atoms with Crippen LogP contribution in [0.4, 0.5) is 0 Å². The summed E-state index contributed by atoms with van der Waals surface area (Å²) in [5.41, 5.74) is 2.66. The molecule has 1 rings (SSSR count). The lowest BCUT2D eigenvalue weighted by Crippen LogP contribution is -2.16. The van der Waals surface area contributed by atoms with Crippen LogP contribution in [0.5, 0.6) is 5.75 Å². The van der Waals surface area contributed by atoms with Crippen molar-refractivity contribution in [3.63, 3.8) is 0 Å². The molecule has 16 heavy (non-hydrogen) atoms. The van der Waals surface area contributed by atoms with E-state index in [0.29, 0.717) is 12.6 Å². The molecule has 0 amide bonds. The van der Waals surface area contributed by atoms with Gasteiger partial charge in [0.25, 0.3) is 0 Å². The third-order valence-corrected chi connectivity index (χ3v) is 2.65. The topological polar surface area (TPSA) is 21.3 Å². The van der Waals surface area contributed by atoms with Gasteiger partial charge in [-0.15, -0.1) is 0 Å². The molecular formula is C13H18ClNO. The van der Waals surface area contributed by atoms with Gasteiger partial charge in [-0.05, 0) is 25.6 Å². The minimum absolute atomic E-state index is 0.330. The van der Waals surface area contributed by atoms with Crippen molar-refractivity contribution in [2.24, 2.45) is 0 Å². The number of ether oxygens (including phenoxy) is 1. The standard InChI is InChI=1S/C13H18ClNO/c1-3-12(15-2)11-7-4-5-8-13(11)16-10-6-9-14/h4-9,12,15H,3,10H2,1-2H3/b9-6+. The molecule has 0 saturated carbocycles. The molecule has 0 heterocycles. The van der Waals surface area contributed by atoms with Crippen LogP contribution in [0.15, 0.2) is 35.9 Å². The summed E-state index contributed by atoms with van der Waals surface area (Å²) in [6.07, 6.45) is 2.81. The van der Waals surface area contributed by atoms with E-state index in [1.807, 2.05) is 25.2 Å². The average Bonchev–Trinajstić information content (AvgIpc) is 2.33.